The standard InChI is InChI=1S/C19H21F2N3O3/c1-9-14(22(2)3)8-23(9)17-13(20)6-11-16(15(17)21)24(10-4-5-10)7-12(18(11)25)19(26)27/h6-7,9-10,14H,4-5,8H2,1-3H3,(H,26,27)/t9-,14+/m0/s1. The molecule has 2 atom stereocenters. The van der Waals surface area contributed by atoms with Crippen LogP contribution in [-0.2, 0) is 0 Å². The summed E-state index contributed by atoms with van der Waals surface area (Å²) < 4.78 is 31.8. The van der Waals surface area contributed by atoms with Crippen molar-refractivity contribution in [3.05, 3.63) is 39.7 Å². The van der Waals surface area contributed by atoms with Gasteiger partial charge in [-0.05, 0) is 39.9 Å². The van der Waals surface area contributed by atoms with Gasteiger partial charge in [0.15, 0.2) is 5.82 Å². The van der Waals surface area contributed by atoms with Gasteiger partial charge in [0.2, 0.25) is 5.43 Å². The normalized spacial score (nSPS) is 22.4. The lowest BCUT2D eigenvalue weighted by atomic mass is 9.95. The van der Waals surface area contributed by atoms with Gasteiger partial charge in [0, 0.05) is 30.9 Å². The molecule has 2 aromatic rings. The van der Waals surface area contributed by atoms with Gasteiger partial charge < -0.3 is 19.5 Å². The summed E-state index contributed by atoms with van der Waals surface area (Å²) in [6.45, 7) is 2.38. The summed E-state index contributed by atoms with van der Waals surface area (Å²) in [6.07, 6.45) is 2.73. The van der Waals surface area contributed by atoms with Crippen LogP contribution < -0.4 is 10.3 Å². The molecule has 1 aromatic heterocycles. The molecule has 0 radical (unpaired) electrons. The van der Waals surface area contributed by atoms with Crippen molar-refractivity contribution in [2.45, 2.75) is 37.9 Å². The van der Waals surface area contributed by atoms with Crippen molar-refractivity contribution in [1.82, 2.24) is 9.47 Å². The van der Waals surface area contributed by atoms with Crippen LogP contribution >= 0.6 is 0 Å². The van der Waals surface area contributed by atoms with E-state index in [2.05, 4.69) is 0 Å². The highest BCUT2D eigenvalue weighted by Gasteiger charge is 2.40. The number of pyridine rings is 1. The van der Waals surface area contributed by atoms with Crippen LogP contribution in [0.25, 0.3) is 10.9 Å². The second-order valence-corrected chi connectivity index (χ2v) is 7.66. The fraction of sp³-hybridized carbons (Fsp3) is 0.474. The fourth-order valence-corrected chi connectivity index (χ4v) is 3.97. The number of aromatic nitrogens is 1. The van der Waals surface area contributed by atoms with Gasteiger partial charge in [-0.2, -0.15) is 0 Å². The molecule has 1 aliphatic heterocycles. The number of halogens is 2. The Morgan fingerprint density at radius 1 is 1.30 bits per heavy atom. The smallest absolute Gasteiger partial charge is 0.341 e. The quantitative estimate of drug-likeness (QED) is 0.887. The molecule has 2 heterocycles. The molecule has 6 nitrogen and oxygen atoms in total. The zero-order chi connectivity index (χ0) is 19.6. The minimum atomic E-state index is -1.40. The second-order valence-electron chi connectivity index (χ2n) is 7.66. The minimum Gasteiger partial charge on any atom is -0.477 e. The van der Waals surface area contributed by atoms with E-state index in [-0.39, 0.29) is 34.7 Å². The molecular formula is C19H21F2N3O3. The largest absolute Gasteiger partial charge is 0.477 e. The molecular weight excluding hydrogens is 356 g/mol. The Balaban J connectivity index is 1.94. The number of carboxylic acids is 1. The Labute approximate surface area is 154 Å². The van der Waals surface area contributed by atoms with E-state index < -0.39 is 28.6 Å². The fourth-order valence-electron chi connectivity index (χ4n) is 3.97. The van der Waals surface area contributed by atoms with Crippen molar-refractivity contribution in [1.29, 1.82) is 0 Å². The maximum Gasteiger partial charge on any atom is 0.341 e. The Hall–Kier alpha value is -2.48. The van der Waals surface area contributed by atoms with Crippen LogP contribution in [0.1, 0.15) is 36.2 Å². The third-order valence-corrected chi connectivity index (χ3v) is 5.74. The lowest BCUT2D eigenvalue weighted by molar-refractivity contribution is 0.0695. The summed E-state index contributed by atoms with van der Waals surface area (Å²) in [7, 11) is 3.84. The molecule has 8 heteroatoms. The monoisotopic (exact) mass is 377 g/mol. The average Bonchev–Trinajstić information content (AvgIpc) is 3.41. The number of fused-ring (bicyclic) bond motifs is 1. The highest BCUT2D eigenvalue weighted by atomic mass is 19.1. The summed E-state index contributed by atoms with van der Waals surface area (Å²) in [5.74, 6) is -3.03. The number of carbonyl (C=O) groups is 1. The summed E-state index contributed by atoms with van der Waals surface area (Å²) in [6, 6.07) is 1.01. The number of anilines is 1. The topological polar surface area (TPSA) is 65.8 Å². The first kappa shape index (κ1) is 17.9. The van der Waals surface area contributed by atoms with Crippen molar-refractivity contribution < 1.29 is 18.7 Å². The second kappa shape index (κ2) is 6.02. The molecule has 0 bridgehead atoms. The summed E-state index contributed by atoms with van der Waals surface area (Å²) in [5, 5.41) is 9.06. The highest BCUT2D eigenvalue weighted by molar-refractivity contribution is 5.94. The lowest BCUT2D eigenvalue weighted by Gasteiger charge is -2.50. The number of aromatic carboxylic acids is 1. The number of hydrogen-bond donors (Lipinski definition) is 1. The summed E-state index contributed by atoms with van der Waals surface area (Å²) in [5.41, 5.74) is -1.48. The molecule has 0 amide bonds. The molecule has 0 unspecified atom stereocenters. The molecule has 1 aliphatic carbocycles. The van der Waals surface area contributed by atoms with Gasteiger partial charge in [-0.3, -0.25) is 4.79 Å². The van der Waals surface area contributed by atoms with Crippen LogP contribution in [0.4, 0.5) is 14.5 Å². The number of hydrogen-bond acceptors (Lipinski definition) is 4. The highest BCUT2D eigenvalue weighted by Crippen LogP contribution is 2.41. The lowest BCUT2D eigenvalue weighted by Crippen LogP contribution is -2.64. The third kappa shape index (κ3) is 2.62. The molecule has 4 rings (SSSR count). The molecule has 0 spiro atoms. The molecule has 1 aromatic carbocycles. The van der Waals surface area contributed by atoms with Crippen molar-refractivity contribution in [3.63, 3.8) is 0 Å². The Kier molecular flexibility index (Phi) is 3.99. The van der Waals surface area contributed by atoms with Gasteiger partial charge in [-0.1, -0.05) is 0 Å². The molecule has 27 heavy (non-hydrogen) atoms. The molecule has 1 saturated heterocycles. The van der Waals surface area contributed by atoms with E-state index in [1.54, 1.807) is 4.90 Å². The molecule has 2 aliphatic rings. The number of nitrogens with zero attached hydrogens (tertiary/aromatic N) is 3. The zero-order valence-electron chi connectivity index (χ0n) is 15.4. The number of carboxylic acid groups (broad SMARTS) is 1. The van der Waals surface area contributed by atoms with E-state index >= 15 is 4.39 Å². The van der Waals surface area contributed by atoms with Crippen molar-refractivity contribution in [3.8, 4) is 0 Å². The predicted octanol–water partition coefficient (Wildman–Crippen LogP) is 2.45. The number of rotatable bonds is 4. The maximum atomic E-state index is 15.5. The van der Waals surface area contributed by atoms with Crippen molar-refractivity contribution >= 4 is 22.6 Å². The number of likely N-dealkylation sites (N-methyl/N-ethyl adjacent to an activating group) is 1. The average molecular weight is 377 g/mol. The molecule has 1 saturated carbocycles. The van der Waals surface area contributed by atoms with Gasteiger partial charge in [0.05, 0.1) is 10.9 Å². The Morgan fingerprint density at radius 3 is 2.48 bits per heavy atom. The van der Waals surface area contributed by atoms with Crippen LogP contribution in [0.3, 0.4) is 0 Å². The van der Waals surface area contributed by atoms with Crippen molar-refractivity contribution in [2.75, 3.05) is 25.5 Å². The van der Waals surface area contributed by atoms with Gasteiger partial charge in [-0.25, -0.2) is 13.6 Å². The van der Waals surface area contributed by atoms with Gasteiger partial charge >= 0.3 is 5.97 Å². The first-order valence-corrected chi connectivity index (χ1v) is 8.95. The van der Waals surface area contributed by atoms with Crippen LogP contribution in [0, 0.1) is 11.6 Å². The predicted molar refractivity (Wildman–Crippen MR) is 97.6 cm³/mol. The van der Waals surface area contributed by atoms with E-state index in [0.717, 1.165) is 18.9 Å². The van der Waals surface area contributed by atoms with Gasteiger partial charge in [0.25, 0.3) is 0 Å². The first-order chi connectivity index (χ1) is 12.7. The third-order valence-electron chi connectivity index (χ3n) is 5.74. The van der Waals surface area contributed by atoms with Gasteiger partial charge in [0.1, 0.15) is 17.1 Å². The van der Waals surface area contributed by atoms with Crippen LogP contribution in [0.15, 0.2) is 17.1 Å². The van der Waals surface area contributed by atoms with Crippen LogP contribution in [-0.4, -0.2) is 53.3 Å². The first-order valence-electron chi connectivity index (χ1n) is 8.95. The van der Waals surface area contributed by atoms with Gasteiger partial charge in [-0.15, -0.1) is 0 Å². The minimum absolute atomic E-state index is 0.00981. The molecule has 1 N–H and O–H groups in total. The van der Waals surface area contributed by atoms with E-state index in [1.807, 2.05) is 25.9 Å². The molecule has 144 valence electrons. The Morgan fingerprint density at radius 2 is 1.96 bits per heavy atom. The zero-order valence-corrected chi connectivity index (χ0v) is 15.4. The molecule has 2 fully saturated rings. The van der Waals surface area contributed by atoms with Crippen LogP contribution in [0.2, 0.25) is 0 Å². The van der Waals surface area contributed by atoms with E-state index in [0.29, 0.717) is 6.54 Å². The maximum absolute atomic E-state index is 15.5. The van der Waals surface area contributed by atoms with Crippen molar-refractivity contribution in [2.24, 2.45) is 0 Å². The summed E-state index contributed by atoms with van der Waals surface area (Å²) in [4.78, 5) is 27.5. The van der Waals surface area contributed by atoms with E-state index in [9.17, 15) is 19.1 Å². The van der Waals surface area contributed by atoms with Crippen LogP contribution in [0.5, 0.6) is 0 Å². The Bertz CT molecular complexity index is 1010. The SMILES string of the molecule is C[C@H]1[C@H](N(C)C)CN1c1c(F)cc2c(=O)c(C(=O)O)cn(C3CC3)c2c1F. The van der Waals surface area contributed by atoms with E-state index in [4.69, 9.17) is 0 Å². The summed E-state index contributed by atoms with van der Waals surface area (Å²) >= 11 is 0. The number of benzene rings is 1. The van der Waals surface area contributed by atoms with E-state index in [1.165, 1.54) is 10.8 Å².